The molecule has 2 aromatic rings. The van der Waals surface area contributed by atoms with Gasteiger partial charge in [0, 0.05) is 12.1 Å². The normalized spacial score (nSPS) is 9.89. The molecule has 0 saturated heterocycles. The molecule has 0 fully saturated rings. The number of hydrogen-bond acceptors (Lipinski definition) is 4. The molecule has 0 aliphatic heterocycles. The van der Waals surface area contributed by atoms with E-state index in [0.717, 1.165) is 11.1 Å². The minimum absolute atomic E-state index is 0.198. The van der Waals surface area contributed by atoms with E-state index >= 15 is 0 Å². The standard InChI is InChI=1S/C13H12N4OS/c14-12(19)10-3-1-2-9(6-10)7-15-13(18)11-4-5-16-17-8-11/h1-6,8H,7H2,(H2,14,19)(H,15,18). The van der Waals surface area contributed by atoms with Crippen LogP contribution in [0.1, 0.15) is 21.5 Å². The van der Waals surface area contributed by atoms with Crippen LogP contribution in [0.3, 0.4) is 0 Å². The molecule has 1 amide bonds. The molecule has 19 heavy (non-hydrogen) atoms. The topological polar surface area (TPSA) is 80.9 Å². The van der Waals surface area contributed by atoms with E-state index in [1.54, 1.807) is 6.07 Å². The van der Waals surface area contributed by atoms with Crippen molar-refractivity contribution in [1.29, 1.82) is 0 Å². The average Bonchev–Trinajstić information content (AvgIpc) is 2.46. The fraction of sp³-hybridized carbons (Fsp3) is 0.0769. The summed E-state index contributed by atoms with van der Waals surface area (Å²) in [6.07, 6.45) is 2.89. The summed E-state index contributed by atoms with van der Waals surface area (Å²) in [4.78, 5) is 12.1. The van der Waals surface area contributed by atoms with E-state index in [2.05, 4.69) is 15.5 Å². The number of nitrogens with one attached hydrogen (secondary N) is 1. The van der Waals surface area contributed by atoms with Crippen molar-refractivity contribution in [3.63, 3.8) is 0 Å². The third-order valence-electron chi connectivity index (χ3n) is 2.51. The molecule has 1 heterocycles. The molecule has 1 aromatic heterocycles. The SMILES string of the molecule is NC(=S)c1cccc(CNC(=O)c2ccnnc2)c1. The molecular formula is C13H12N4OS. The number of hydrogen-bond donors (Lipinski definition) is 2. The largest absolute Gasteiger partial charge is 0.389 e. The van der Waals surface area contributed by atoms with Crippen molar-refractivity contribution in [1.82, 2.24) is 15.5 Å². The lowest BCUT2D eigenvalue weighted by Gasteiger charge is -2.06. The maximum atomic E-state index is 11.8. The van der Waals surface area contributed by atoms with Gasteiger partial charge in [0.15, 0.2) is 0 Å². The third-order valence-corrected chi connectivity index (χ3v) is 2.75. The minimum atomic E-state index is -0.198. The highest BCUT2D eigenvalue weighted by atomic mass is 32.1. The van der Waals surface area contributed by atoms with Crippen molar-refractivity contribution in [2.24, 2.45) is 5.73 Å². The molecule has 0 aliphatic rings. The lowest BCUT2D eigenvalue weighted by Crippen LogP contribution is -2.23. The lowest BCUT2D eigenvalue weighted by molar-refractivity contribution is 0.0950. The van der Waals surface area contributed by atoms with Crippen molar-refractivity contribution in [2.45, 2.75) is 6.54 Å². The molecule has 96 valence electrons. The Labute approximate surface area is 115 Å². The van der Waals surface area contributed by atoms with E-state index in [-0.39, 0.29) is 5.91 Å². The van der Waals surface area contributed by atoms with Crippen LogP contribution in [0.25, 0.3) is 0 Å². The molecule has 0 spiro atoms. The van der Waals surface area contributed by atoms with Gasteiger partial charge in [-0.1, -0.05) is 30.4 Å². The van der Waals surface area contributed by atoms with E-state index in [0.29, 0.717) is 17.1 Å². The molecule has 0 saturated carbocycles. The summed E-state index contributed by atoms with van der Waals surface area (Å²) in [6, 6.07) is 9.04. The van der Waals surface area contributed by atoms with Gasteiger partial charge in [-0.15, -0.1) is 0 Å². The highest BCUT2D eigenvalue weighted by Gasteiger charge is 2.05. The summed E-state index contributed by atoms with van der Waals surface area (Å²) in [5.41, 5.74) is 7.75. The zero-order valence-corrected chi connectivity index (χ0v) is 10.9. The third kappa shape index (κ3) is 3.56. The van der Waals surface area contributed by atoms with E-state index < -0.39 is 0 Å². The minimum Gasteiger partial charge on any atom is -0.389 e. The van der Waals surface area contributed by atoms with Gasteiger partial charge in [-0.05, 0) is 17.7 Å². The van der Waals surface area contributed by atoms with Crippen molar-refractivity contribution in [3.8, 4) is 0 Å². The van der Waals surface area contributed by atoms with E-state index in [1.807, 2.05) is 24.3 Å². The van der Waals surface area contributed by atoms with E-state index in [1.165, 1.54) is 12.4 Å². The lowest BCUT2D eigenvalue weighted by atomic mass is 10.1. The molecule has 6 heteroatoms. The Balaban J connectivity index is 2.01. The maximum absolute atomic E-state index is 11.8. The molecular weight excluding hydrogens is 260 g/mol. The average molecular weight is 272 g/mol. The summed E-state index contributed by atoms with van der Waals surface area (Å²) in [6.45, 7) is 0.400. The summed E-state index contributed by atoms with van der Waals surface area (Å²) in [5, 5.41) is 10.1. The summed E-state index contributed by atoms with van der Waals surface area (Å²) < 4.78 is 0. The van der Waals surface area contributed by atoms with Gasteiger partial charge in [-0.25, -0.2) is 0 Å². The number of carbonyl (C=O) groups is 1. The number of amides is 1. The Morgan fingerprint density at radius 3 is 2.79 bits per heavy atom. The Morgan fingerprint density at radius 1 is 1.26 bits per heavy atom. The van der Waals surface area contributed by atoms with Crippen LogP contribution < -0.4 is 11.1 Å². The molecule has 3 N–H and O–H groups in total. The molecule has 0 unspecified atom stereocenters. The zero-order chi connectivity index (χ0) is 13.7. The predicted molar refractivity (Wildman–Crippen MR) is 75.5 cm³/mol. The van der Waals surface area contributed by atoms with Crippen LogP contribution in [-0.2, 0) is 6.54 Å². The zero-order valence-electron chi connectivity index (χ0n) is 10.0. The number of thiocarbonyl (C=S) groups is 1. The molecule has 0 atom stereocenters. The Bertz CT molecular complexity index is 601. The van der Waals surface area contributed by atoms with Crippen LogP contribution in [0.4, 0.5) is 0 Å². The van der Waals surface area contributed by atoms with Crippen LogP contribution in [0, 0.1) is 0 Å². The number of rotatable bonds is 4. The Morgan fingerprint density at radius 2 is 2.11 bits per heavy atom. The van der Waals surface area contributed by atoms with Gasteiger partial charge in [0.2, 0.25) is 0 Å². The molecule has 2 rings (SSSR count). The number of nitrogens with zero attached hydrogens (tertiary/aromatic N) is 2. The highest BCUT2D eigenvalue weighted by Crippen LogP contribution is 2.05. The second kappa shape index (κ2) is 6.01. The highest BCUT2D eigenvalue weighted by molar-refractivity contribution is 7.80. The quantitative estimate of drug-likeness (QED) is 0.813. The summed E-state index contributed by atoms with van der Waals surface area (Å²) in [7, 11) is 0. The molecule has 0 radical (unpaired) electrons. The first kappa shape index (κ1) is 13.1. The summed E-state index contributed by atoms with van der Waals surface area (Å²) >= 11 is 4.91. The first-order valence-electron chi connectivity index (χ1n) is 5.60. The van der Waals surface area contributed by atoms with Crippen LogP contribution in [0.15, 0.2) is 42.7 Å². The first-order chi connectivity index (χ1) is 9.16. The fourth-order valence-corrected chi connectivity index (χ4v) is 1.67. The Kier molecular flexibility index (Phi) is 4.15. The van der Waals surface area contributed by atoms with E-state index in [4.69, 9.17) is 18.0 Å². The van der Waals surface area contributed by atoms with Gasteiger partial charge in [0.1, 0.15) is 4.99 Å². The van der Waals surface area contributed by atoms with Crippen molar-refractivity contribution in [3.05, 3.63) is 59.4 Å². The molecule has 0 bridgehead atoms. The summed E-state index contributed by atoms with van der Waals surface area (Å²) in [5.74, 6) is -0.198. The van der Waals surface area contributed by atoms with Crippen molar-refractivity contribution in [2.75, 3.05) is 0 Å². The van der Waals surface area contributed by atoms with Gasteiger partial charge >= 0.3 is 0 Å². The van der Waals surface area contributed by atoms with Crippen molar-refractivity contribution >= 4 is 23.1 Å². The van der Waals surface area contributed by atoms with Gasteiger partial charge in [0.05, 0.1) is 18.0 Å². The second-order valence-corrected chi connectivity index (χ2v) is 4.32. The van der Waals surface area contributed by atoms with E-state index in [9.17, 15) is 4.79 Å². The van der Waals surface area contributed by atoms with Crippen molar-refractivity contribution < 1.29 is 4.79 Å². The monoisotopic (exact) mass is 272 g/mol. The number of aromatic nitrogens is 2. The van der Waals surface area contributed by atoms with Gasteiger partial charge in [-0.3, -0.25) is 4.79 Å². The van der Waals surface area contributed by atoms with Crippen LogP contribution in [0.5, 0.6) is 0 Å². The smallest absolute Gasteiger partial charge is 0.253 e. The molecule has 1 aromatic carbocycles. The molecule has 0 aliphatic carbocycles. The van der Waals surface area contributed by atoms with Gasteiger partial charge in [0.25, 0.3) is 5.91 Å². The molecule has 5 nitrogen and oxygen atoms in total. The first-order valence-corrected chi connectivity index (χ1v) is 6.01. The second-order valence-electron chi connectivity index (χ2n) is 3.88. The van der Waals surface area contributed by atoms with Crippen LogP contribution in [-0.4, -0.2) is 21.1 Å². The Hall–Kier alpha value is -2.34. The van der Waals surface area contributed by atoms with Gasteiger partial charge < -0.3 is 11.1 Å². The number of nitrogens with two attached hydrogens (primary N) is 1. The number of benzene rings is 1. The van der Waals surface area contributed by atoms with Crippen LogP contribution in [0.2, 0.25) is 0 Å². The predicted octanol–water partition coefficient (Wildman–Crippen LogP) is 1.04. The van der Waals surface area contributed by atoms with Crippen LogP contribution >= 0.6 is 12.2 Å². The van der Waals surface area contributed by atoms with Gasteiger partial charge in [-0.2, -0.15) is 10.2 Å². The maximum Gasteiger partial charge on any atom is 0.253 e. The fourth-order valence-electron chi connectivity index (χ4n) is 1.54. The number of carbonyl (C=O) groups excluding carboxylic acids is 1.